The van der Waals surface area contributed by atoms with Gasteiger partial charge < -0.3 is 0 Å². The molecule has 0 aromatic heterocycles. The summed E-state index contributed by atoms with van der Waals surface area (Å²) >= 11 is -4.54. The summed E-state index contributed by atoms with van der Waals surface area (Å²) in [5, 5.41) is 0. The van der Waals surface area contributed by atoms with Crippen LogP contribution < -0.4 is 0 Å². The van der Waals surface area contributed by atoms with Gasteiger partial charge in [-0.05, 0) is 0 Å². The molecule has 0 fully saturated rings. The van der Waals surface area contributed by atoms with Crippen molar-refractivity contribution in [1.82, 2.24) is 0 Å². The fraction of sp³-hybridized carbons (Fsp3) is 0. The molecule has 6 heavy (non-hydrogen) atoms. The molecule has 0 aromatic rings. The van der Waals surface area contributed by atoms with Crippen LogP contribution in [0, 0.1) is 0 Å². The van der Waals surface area contributed by atoms with Crippen molar-refractivity contribution in [2.45, 2.75) is 0 Å². The first kappa shape index (κ1) is 8.37. The van der Waals surface area contributed by atoms with Crippen LogP contribution in [0.25, 0.3) is 0 Å². The third kappa shape index (κ3) is 32.7. The molecule has 6 heteroatoms. The van der Waals surface area contributed by atoms with Crippen molar-refractivity contribution in [2.75, 3.05) is 0 Å². The van der Waals surface area contributed by atoms with Crippen molar-refractivity contribution in [1.29, 1.82) is 0 Å². The summed E-state index contributed by atoms with van der Waals surface area (Å²) in [6.45, 7) is 0. The van der Waals surface area contributed by atoms with Gasteiger partial charge in [-0.25, -0.2) is 0 Å². The molecular weight excluding hydrogens is 290 g/mol. The summed E-state index contributed by atoms with van der Waals surface area (Å²) in [5.41, 5.74) is 0. The van der Waals surface area contributed by atoms with Crippen LogP contribution in [0.4, 0.5) is 0 Å². The second-order valence-corrected chi connectivity index (χ2v) is 61.0. The van der Waals surface area contributed by atoms with Crippen LogP contribution in [-0.2, 0) is 13.5 Å². The van der Waals surface area contributed by atoms with Gasteiger partial charge in [0.15, 0.2) is 0 Å². The second kappa shape index (κ2) is 1.96. The molecule has 0 aliphatic heterocycles. The monoisotopic (exact) mass is 289 g/mol. The fourth-order valence-corrected chi connectivity index (χ4v) is 0. The Bertz CT molecular complexity index is 37.1. The van der Waals surface area contributed by atoms with Gasteiger partial charge in [-0.1, -0.05) is 0 Å². The average Bonchev–Trinajstić information content (AvgIpc) is 0.650. The molecule has 0 rings (SSSR count). The third-order valence-electron chi connectivity index (χ3n) is 0. The van der Waals surface area contributed by atoms with E-state index in [0.717, 1.165) is 0 Å². The summed E-state index contributed by atoms with van der Waals surface area (Å²) in [5.74, 6) is 0. The Kier molecular flexibility index (Phi) is 2.73. The van der Waals surface area contributed by atoms with Crippen molar-refractivity contribution < 1.29 is 13.5 Å². The zero-order chi connectivity index (χ0) is 5.45. The Labute approximate surface area is 54.2 Å². The van der Waals surface area contributed by atoms with Gasteiger partial charge in [-0.15, -0.1) is 0 Å². The summed E-state index contributed by atoms with van der Waals surface area (Å²) in [6, 6.07) is 0. The topological polar surface area (TPSA) is 0 Å². The van der Waals surface area contributed by atoms with E-state index >= 15 is 0 Å². The molecule has 0 nitrogen and oxygen atoms in total. The van der Waals surface area contributed by atoms with Crippen LogP contribution in [-0.4, -0.2) is 0 Å². The molecule has 0 saturated carbocycles. The SMILES string of the molecule is [Cl][Cd]([Cl])([Cl])([Cl])[Cl]. The summed E-state index contributed by atoms with van der Waals surface area (Å²) < 4.78 is 0. The van der Waals surface area contributed by atoms with Gasteiger partial charge in [-0.2, -0.15) is 0 Å². The van der Waals surface area contributed by atoms with Gasteiger partial charge in [-0.3, -0.25) is 0 Å². The van der Waals surface area contributed by atoms with Crippen LogP contribution in [0.5, 0.6) is 0 Å². The van der Waals surface area contributed by atoms with Crippen molar-refractivity contribution in [3.8, 4) is 0 Å². The fourth-order valence-electron chi connectivity index (χ4n) is 0. The quantitative estimate of drug-likeness (QED) is 0.599. The molecule has 0 bridgehead atoms. The van der Waals surface area contributed by atoms with E-state index < -0.39 is 13.5 Å². The van der Waals surface area contributed by atoms with Crippen LogP contribution in [0.1, 0.15) is 0 Å². The van der Waals surface area contributed by atoms with E-state index in [-0.39, 0.29) is 0 Å². The molecule has 37 valence electrons. The van der Waals surface area contributed by atoms with E-state index in [1.165, 1.54) is 0 Å². The van der Waals surface area contributed by atoms with Gasteiger partial charge in [0.1, 0.15) is 0 Å². The maximum atomic E-state index is 5.07. The molecule has 0 aromatic carbocycles. The first-order valence-electron chi connectivity index (χ1n) is 1.34. The normalized spacial score (nSPS) is 15.0. The van der Waals surface area contributed by atoms with Crippen LogP contribution in [0.2, 0.25) is 0 Å². The minimum absolute atomic E-state index is 4.54. The Morgan fingerprint density at radius 2 is 0.667 bits per heavy atom. The first-order valence-corrected chi connectivity index (χ1v) is 26.9. The predicted molar refractivity (Wildman–Crippen MR) is 29.3 cm³/mol. The van der Waals surface area contributed by atoms with Crippen LogP contribution in [0.3, 0.4) is 0 Å². The Morgan fingerprint density at radius 1 is 0.667 bits per heavy atom. The third-order valence-corrected chi connectivity index (χ3v) is 0. The van der Waals surface area contributed by atoms with Gasteiger partial charge in [0, 0.05) is 0 Å². The van der Waals surface area contributed by atoms with Crippen molar-refractivity contribution >= 4 is 41.6 Å². The van der Waals surface area contributed by atoms with E-state index in [0.29, 0.717) is 0 Å². The van der Waals surface area contributed by atoms with E-state index in [1.807, 2.05) is 0 Å². The van der Waals surface area contributed by atoms with Crippen LogP contribution in [0.15, 0.2) is 0 Å². The Hall–Kier alpha value is 2.37. The summed E-state index contributed by atoms with van der Waals surface area (Å²) in [6.07, 6.45) is 0. The molecule has 0 aliphatic carbocycles. The molecule has 0 N–H and O–H groups in total. The van der Waals surface area contributed by atoms with E-state index in [4.69, 9.17) is 41.6 Å². The first-order chi connectivity index (χ1) is 2.24. The number of hydrogen-bond donors (Lipinski definition) is 0. The average molecular weight is 290 g/mol. The molecule has 0 spiro atoms. The number of rotatable bonds is 0. The zero-order valence-corrected chi connectivity index (χ0v) is 10.4. The molecular formula is CdCl5. The van der Waals surface area contributed by atoms with Gasteiger partial charge in [0.25, 0.3) is 0 Å². The van der Waals surface area contributed by atoms with Crippen molar-refractivity contribution in [3.63, 3.8) is 0 Å². The minimum atomic E-state index is -4.54. The maximum absolute atomic E-state index is 5.07. The second-order valence-electron chi connectivity index (χ2n) is 1.01. The standard InChI is InChI=1S/Cd.5ClH/h;5*1H/q+5;;;;;/p-5. The van der Waals surface area contributed by atoms with E-state index in [9.17, 15) is 0 Å². The van der Waals surface area contributed by atoms with Gasteiger partial charge in [0.2, 0.25) is 0 Å². The summed E-state index contributed by atoms with van der Waals surface area (Å²) in [7, 11) is 25.4. The zero-order valence-electron chi connectivity index (χ0n) is 2.60. The van der Waals surface area contributed by atoms with E-state index in [1.54, 1.807) is 0 Å². The Balaban J connectivity index is 3.73. The molecule has 0 saturated heterocycles. The molecule has 0 aliphatic rings. The van der Waals surface area contributed by atoms with Crippen molar-refractivity contribution in [2.24, 2.45) is 0 Å². The molecule has 0 unspecified atom stereocenters. The molecule has 0 radical (unpaired) electrons. The predicted octanol–water partition coefficient (Wildman–Crippen LogP) is 3.44. The molecule has 0 heterocycles. The van der Waals surface area contributed by atoms with Crippen molar-refractivity contribution in [3.05, 3.63) is 0 Å². The van der Waals surface area contributed by atoms with Gasteiger partial charge in [0.05, 0.1) is 0 Å². The van der Waals surface area contributed by atoms with Gasteiger partial charge >= 0.3 is 55.1 Å². The molecule has 0 amide bonds. The Morgan fingerprint density at radius 3 is 0.667 bits per heavy atom. The summed E-state index contributed by atoms with van der Waals surface area (Å²) in [4.78, 5) is 0. The number of halogens is 5. The van der Waals surface area contributed by atoms with Crippen LogP contribution >= 0.6 is 41.6 Å². The molecule has 0 atom stereocenters. The van der Waals surface area contributed by atoms with E-state index in [2.05, 4.69) is 0 Å². The number of hydrogen-bond acceptors (Lipinski definition) is 0.